The number of pyridine rings is 1. The lowest BCUT2D eigenvalue weighted by Gasteiger charge is -2.18. The van der Waals surface area contributed by atoms with Crippen molar-refractivity contribution in [1.82, 2.24) is 25.2 Å². The molecule has 0 saturated carbocycles. The van der Waals surface area contributed by atoms with Gasteiger partial charge >= 0.3 is 0 Å². The average Bonchev–Trinajstić information content (AvgIpc) is 3.27. The number of guanidine groups is 1. The Hall–Kier alpha value is -2.69. The summed E-state index contributed by atoms with van der Waals surface area (Å²) in [5, 5.41) is 6.42. The van der Waals surface area contributed by atoms with Gasteiger partial charge in [-0.2, -0.15) is 0 Å². The first-order valence-electron chi connectivity index (χ1n) is 9.52. The van der Waals surface area contributed by atoms with Crippen LogP contribution in [-0.2, 0) is 6.54 Å². The normalized spacial score (nSPS) is 12.0. The van der Waals surface area contributed by atoms with Crippen LogP contribution in [-0.4, -0.2) is 39.7 Å². The number of rotatable bonds is 8. The molecule has 1 atom stereocenters. The Morgan fingerprint density at radius 2 is 2.07 bits per heavy atom. The quantitative estimate of drug-likeness (QED) is 0.268. The molecule has 9 heteroatoms. The Bertz CT molecular complexity index is 918. The average molecular weight is 524 g/mol. The third kappa shape index (κ3) is 6.97. The van der Waals surface area contributed by atoms with Crippen LogP contribution in [0.4, 0.5) is 4.39 Å². The topological polar surface area (TPSA) is 76.4 Å². The molecule has 0 fully saturated rings. The minimum absolute atomic E-state index is 0. The zero-order valence-corrected chi connectivity index (χ0v) is 19.3. The molecule has 2 N–H and O–H groups in total. The van der Waals surface area contributed by atoms with Crippen LogP contribution in [0.1, 0.15) is 19.4 Å². The van der Waals surface area contributed by atoms with E-state index in [4.69, 9.17) is 4.74 Å². The van der Waals surface area contributed by atoms with Gasteiger partial charge in [0.15, 0.2) is 17.5 Å². The molecule has 0 amide bonds. The molecule has 1 aromatic carbocycles. The smallest absolute Gasteiger partial charge is 0.191 e. The standard InChI is InChI=1S/C21H25FN6O.HI/c1-3-24-21(26-12-16(2)29-19-7-5-4-6-18(19)22)27-14-17-8-9-20(25-13-17)28-11-10-23-15-28;/h4-11,13,15-16H,3,12,14H2,1-2H3,(H2,24,26,27);1H. The van der Waals surface area contributed by atoms with Gasteiger partial charge in [0.1, 0.15) is 18.2 Å². The lowest BCUT2D eigenvalue weighted by Crippen LogP contribution is -2.41. The van der Waals surface area contributed by atoms with Gasteiger partial charge in [0.2, 0.25) is 0 Å². The molecule has 2 heterocycles. The second-order valence-electron chi connectivity index (χ2n) is 6.43. The molecule has 0 aliphatic heterocycles. The summed E-state index contributed by atoms with van der Waals surface area (Å²) in [6, 6.07) is 10.3. The number of ether oxygens (including phenoxy) is 1. The second kappa shape index (κ2) is 12.1. The van der Waals surface area contributed by atoms with E-state index in [1.807, 2.05) is 36.7 Å². The van der Waals surface area contributed by atoms with Crippen molar-refractivity contribution in [3.8, 4) is 11.6 Å². The molecule has 2 aromatic heterocycles. The van der Waals surface area contributed by atoms with Gasteiger partial charge in [-0.3, -0.25) is 4.57 Å². The molecule has 0 radical (unpaired) electrons. The predicted molar refractivity (Wildman–Crippen MR) is 126 cm³/mol. The molecule has 3 aromatic rings. The van der Waals surface area contributed by atoms with E-state index in [2.05, 4.69) is 25.6 Å². The number of para-hydroxylation sites is 1. The van der Waals surface area contributed by atoms with E-state index in [9.17, 15) is 4.39 Å². The van der Waals surface area contributed by atoms with Crippen molar-refractivity contribution in [3.05, 3.63) is 72.7 Å². The Balaban J connectivity index is 0.00000320. The first-order chi connectivity index (χ1) is 14.2. The number of aliphatic imine (C=N–C) groups is 1. The van der Waals surface area contributed by atoms with E-state index >= 15 is 0 Å². The largest absolute Gasteiger partial charge is 0.486 e. The van der Waals surface area contributed by atoms with Gasteiger partial charge in [-0.15, -0.1) is 24.0 Å². The van der Waals surface area contributed by atoms with Gasteiger partial charge < -0.3 is 15.4 Å². The molecule has 0 bridgehead atoms. The molecule has 3 rings (SSSR count). The van der Waals surface area contributed by atoms with Crippen molar-refractivity contribution in [2.75, 3.05) is 13.1 Å². The highest BCUT2D eigenvalue weighted by molar-refractivity contribution is 14.0. The summed E-state index contributed by atoms with van der Waals surface area (Å²) in [5.41, 5.74) is 0.988. The van der Waals surface area contributed by atoms with Gasteiger partial charge in [-0.05, 0) is 37.6 Å². The maximum atomic E-state index is 13.7. The van der Waals surface area contributed by atoms with Crippen molar-refractivity contribution in [2.45, 2.75) is 26.5 Å². The Morgan fingerprint density at radius 3 is 2.73 bits per heavy atom. The number of hydrogen-bond acceptors (Lipinski definition) is 4. The lowest BCUT2D eigenvalue weighted by molar-refractivity contribution is 0.214. The summed E-state index contributed by atoms with van der Waals surface area (Å²) in [6.07, 6.45) is 6.83. The number of halogens is 2. The zero-order valence-electron chi connectivity index (χ0n) is 17.0. The van der Waals surface area contributed by atoms with Crippen LogP contribution in [0.15, 0.2) is 66.3 Å². The number of benzene rings is 1. The van der Waals surface area contributed by atoms with Gasteiger partial charge in [-0.25, -0.2) is 19.4 Å². The molecule has 1 unspecified atom stereocenters. The van der Waals surface area contributed by atoms with Crippen molar-refractivity contribution in [3.63, 3.8) is 0 Å². The lowest BCUT2D eigenvalue weighted by atomic mass is 10.3. The highest BCUT2D eigenvalue weighted by atomic mass is 127. The second-order valence-corrected chi connectivity index (χ2v) is 6.43. The molecule has 0 spiro atoms. The number of imidazole rings is 1. The number of nitrogens with zero attached hydrogens (tertiary/aromatic N) is 4. The van der Waals surface area contributed by atoms with Crippen molar-refractivity contribution >= 4 is 29.9 Å². The van der Waals surface area contributed by atoms with Crippen LogP contribution in [0.5, 0.6) is 5.75 Å². The van der Waals surface area contributed by atoms with Crippen LogP contribution in [0, 0.1) is 5.82 Å². The monoisotopic (exact) mass is 524 g/mol. The predicted octanol–water partition coefficient (Wildman–Crippen LogP) is 3.55. The summed E-state index contributed by atoms with van der Waals surface area (Å²) < 4.78 is 21.2. The van der Waals surface area contributed by atoms with Gasteiger partial charge in [-0.1, -0.05) is 18.2 Å². The fourth-order valence-electron chi connectivity index (χ4n) is 2.61. The first kappa shape index (κ1) is 23.6. The van der Waals surface area contributed by atoms with Crippen LogP contribution >= 0.6 is 24.0 Å². The first-order valence-corrected chi connectivity index (χ1v) is 9.52. The van der Waals surface area contributed by atoms with Crippen LogP contribution in [0.25, 0.3) is 5.82 Å². The fourth-order valence-corrected chi connectivity index (χ4v) is 2.61. The molecule has 0 saturated heterocycles. The highest BCUT2D eigenvalue weighted by Crippen LogP contribution is 2.16. The Morgan fingerprint density at radius 1 is 1.23 bits per heavy atom. The third-order valence-electron chi connectivity index (χ3n) is 4.06. The minimum atomic E-state index is -0.369. The molecular weight excluding hydrogens is 498 g/mol. The molecule has 0 aliphatic rings. The maximum Gasteiger partial charge on any atom is 0.191 e. The molecule has 160 valence electrons. The van der Waals surface area contributed by atoms with E-state index in [1.54, 1.807) is 36.9 Å². The van der Waals surface area contributed by atoms with Crippen molar-refractivity contribution in [2.24, 2.45) is 4.99 Å². The van der Waals surface area contributed by atoms with E-state index in [0.717, 1.165) is 17.9 Å². The maximum absolute atomic E-state index is 13.7. The van der Waals surface area contributed by atoms with Crippen LogP contribution < -0.4 is 15.4 Å². The summed E-state index contributed by atoms with van der Waals surface area (Å²) in [7, 11) is 0. The van der Waals surface area contributed by atoms with Crippen molar-refractivity contribution < 1.29 is 9.13 Å². The van der Waals surface area contributed by atoms with Crippen molar-refractivity contribution in [1.29, 1.82) is 0 Å². The summed E-state index contributed by atoms with van der Waals surface area (Å²) in [4.78, 5) is 13.0. The third-order valence-corrected chi connectivity index (χ3v) is 4.06. The summed E-state index contributed by atoms with van der Waals surface area (Å²) in [6.45, 7) is 5.57. The van der Waals surface area contributed by atoms with Crippen LogP contribution in [0.3, 0.4) is 0 Å². The SMILES string of the molecule is CCNC(=NCc1ccc(-n2ccnc2)nc1)NCC(C)Oc1ccccc1F.I. The molecule has 7 nitrogen and oxygen atoms in total. The Kier molecular flexibility index (Phi) is 9.52. The number of nitrogens with one attached hydrogen (secondary N) is 2. The van der Waals surface area contributed by atoms with Gasteiger partial charge in [0.25, 0.3) is 0 Å². The van der Waals surface area contributed by atoms with E-state index < -0.39 is 0 Å². The summed E-state index contributed by atoms with van der Waals surface area (Å²) >= 11 is 0. The molecular formula is C21H26FIN6O. The minimum Gasteiger partial charge on any atom is -0.486 e. The molecule has 30 heavy (non-hydrogen) atoms. The highest BCUT2D eigenvalue weighted by Gasteiger charge is 2.09. The van der Waals surface area contributed by atoms with E-state index in [1.165, 1.54) is 6.07 Å². The number of hydrogen-bond donors (Lipinski definition) is 2. The van der Waals surface area contributed by atoms with Crippen LogP contribution in [0.2, 0.25) is 0 Å². The van der Waals surface area contributed by atoms with Gasteiger partial charge in [0, 0.05) is 25.1 Å². The van der Waals surface area contributed by atoms with E-state index in [-0.39, 0.29) is 41.6 Å². The summed E-state index contributed by atoms with van der Waals surface area (Å²) in [5.74, 6) is 1.34. The molecule has 0 aliphatic carbocycles. The van der Waals surface area contributed by atoms with Gasteiger partial charge in [0.05, 0.1) is 13.1 Å². The zero-order chi connectivity index (χ0) is 20.5. The van der Waals surface area contributed by atoms with E-state index in [0.29, 0.717) is 19.0 Å². The Labute approximate surface area is 192 Å². The number of aromatic nitrogens is 3. The fraction of sp³-hybridized carbons (Fsp3) is 0.286.